The Morgan fingerprint density at radius 1 is 1.47 bits per heavy atom. The van der Waals surface area contributed by atoms with Crippen LogP contribution in [0.15, 0.2) is 12.1 Å². The summed E-state index contributed by atoms with van der Waals surface area (Å²) in [6.07, 6.45) is 1.23. The van der Waals surface area contributed by atoms with Crippen LogP contribution >= 0.6 is 23.4 Å². The van der Waals surface area contributed by atoms with Crippen molar-refractivity contribution in [3.63, 3.8) is 0 Å². The lowest BCUT2D eigenvalue weighted by Gasteiger charge is -2.06. The van der Waals surface area contributed by atoms with E-state index in [1.807, 2.05) is 17.8 Å². The molecule has 2 nitrogen and oxygen atoms in total. The monoisotopic (exact) mass is 244 g/mol. The highest BCUT2D eigenvalue weighted by atomic mass is 35.5. The highest BCUT2D eigenvalue weighted by molar-refractivity contribution is 7.98. The van der Waals surface area contributed by atoms with Crippen LogP contribution in [-0.2, 0) is 5.75 Å². The Morgan fingerprint density at radius 2 is 2.20 bits per heavy atom. The van der Waals surface area contributed by atoms with Crippen LogP contribution in [-0.4, -0.2) is 10.7 Å². The first kappa shape index (κ1) is 12.7. The molecule has 0 aromatic carbocycles. The minimum Gasteiger partial charge on any atom is -0.384 e. The zero-order valence-corrected chi connectivity index (χ0v) is 10.7. The molecule has 0 aliphatic rings. The van der Waals surface area contributed by atoms with Gasteiger partial charge in [0.1, 0.15) is 5.82 Å². The molecule has 0 spiro atoms. The fourth-order valence-electron chi connectivity index (χ4n) is 1.09. The molecule has 1 aromatic heterocycles. The van der Waals surface area contributed by atoms with Crippen molar-refractivity contribution >= 4 is 29.2 Å². The van der Waals surface area contributed by atoms with E-state index in [9.17, 15) is 0 Å². The highest BCUT2D eigenvalue weighted by Gasteiger charge is 2.03. The largest absolute Gasteiger partial charge is 0.384 e. The quantitative estimate of drug-likeness (QED) is 0.805. The fraction of sp³-hybridized carbons (Fsp3) is 0.545. The van der Waals surface area contributed by atoms with E-state index in [0.717, 1.165) is 23.1 Å². The highest BCUT2D eigenvalue weighted by Crippen LogP contribution is 2.21. The van der Waals surface area contributed by atoms with Crippen molar-refractivity contribution in [3.05, 3.63) is 22.8 Å². The maximum Gasteiger partial charge on any atom is 0.123 e. The summed E-state index contributed by atoms with van der Waals surface area (Å²) in [4.78, 5) is 4.21. The van der Waals surface area contributed by atoms with Gasteiger partial charge in [0.2, 0.25) is 0 Å². The third-order valence-corrected chi connectivity index (χ3v) is 3.36. The zero-order valence-electron chi connectivity index (χ0n) is 9.16. The van der Waals surface area contributed by atoms with Crippen LogP contribution in [0.25, 0.3) is 0 Å². The minimum atomic E-state index is 0.541. The predicted octanol–water partition coefficient (Wildman–Crippen LogP) is 3.60. The molecule has 4 heteroatoms. The second-order valence-corrected chi connectivity index (χ2v) is 5.41. The summed E-state index contributed by atoms with van der Waals surface area (Å²) >= 11 is 7.86. The van der Waals surface area contributed by atoms with Gasteiger partial charge in [-0.25, -0.2) is 4.98 Å². The number of pyridine rings is 1. The average Bonchev–Trinajstić information content (AvgIpc) is 2.17. The van der Waals surface area contributed by atoms with Crippen LogP contribution in [0.5, 0.6) is 0 Å². The van der Waals surface area contributed by atoms with E-state index in [2.05, 4.69) is 18.8 Å². The van der Waals surface area contributed by atoms with Crippen LogP contribution in [0, 0.1) is 5.92 Å². The van der Waals surface area contributed by atoms with Crippen molar-refractivity contribution in [3.8, 4) is 0 Å². The molecule has 0 atom stereocenters. The van der Waals surface area contributed by atoms with E-state index < -0.39 is 0 Å². The summed E-state index contributed by atoms with van der Waals surface area (Å²) in [5.74, 6) is 3.28. The normalized spacial score (nSPS) is 10.9. The van der Waals surface area contributed by atoms with E-state index in [-0.39, 0.29) is 0 Å². The van der Waals surface area contributed by atoms with Crippen LogP contribution in [0.1, 0.15) is 26.0 Å². The molecule has 15 heavy (non-hydrogen) atoms. The molecule has 0 saturated carbocycles. The topological polar surface area (TPSA) is 38.9 Å². The molecular weight excluding hydrogens is 228 g/mol. The van der Waals surface area contributed by atoms with Gasteiger partial charge in [0, 0.05) is 5.75 Å². The lowest BCUT2D eigenvalue weighted by molar-refractivity contribution is 0.632. The number of halogens is 1. The Kier molecular flexibility index (Phi) is 5.26. The SMILES string of the molecule is CC(C)CCSCc1nc(N)ccc1Cl. The molecule has 1 aromatic rings. The first-order valence-electron chi connectivity index (χ1n) is 5.08. The molecule has 84 valence electrons. The molecule has 0 saturated heterocycles. The van der Waals surface area contributed by atoms with Crippen LogP contribution in [0.3, 0.4) is 0 Å². The molecule has 0 fully saturated rings. The van der Waals surface area contributed by atoms with Gasteiger partial charge in [-0.05, 0) is 30.2 Å². The summed E-state index contributed by atoms with van der Waals surface area (Å²) in [5.41, 5.74) is 6.49. The van der Waals surface area contributed by atoms with Crippen molar-refractivity contribution in [2.45, 2.75) is 26.0 Å². The molecule has 1 rings (SSSR count). The van der Waals surface area contributed by atoms with Crippen LogP contribution < -0.4 is 5.73 Å². The number of thioether (sulfide) groups is 1. The number of nitrogen functional groups attached to an aromatic ring is 1. The van der Waals surface area contributed by atoms with Crippen molar-refractivity contribution in [2.24, 2.45) is 5.92 Å². The van der Waals surface area contributed by atoms with Crippen molar-refractivity contribution in [1.29, 1.82) is 0 Å². The zero-order chi connectivity index (χ0) is 11.3. The third kappa shape index (κ3) is 4.76. The van der Waals surface area contributed by atoms with E-state index in [1.165, 1.54) is 6.42 Å². The summed E-state index contributed by atoms with van der Waals surface area (Å²) in [6, 6.07) is 3.53. The van der Waals surface area contributed by atoms with Gasteiger partial charge in [-0.2, -0.15) is 11.8 Å². The first-order chi connectivity index (χ1) is 7.09. The van der Waals surface area contributed by atoms with Crippen molar-refractivity contribution in [1.82, 2.24) is 4.98 Å². The van der Waals surface area contributed by atoms with E-state index in [1.54, 1.807) is 6.07 Å². The van der Waals surface area contributed by atoms with Crippen molar-refractivity contribution in [2.75, 3.05) is 11.5 Å². The van der Waals surface area contributed by atoms with Crippen molar-refractivity contribution < 1.29 is 0 Å². The van der Waals surface area contributed by atoms with Crippen LogP contribution in [0.2, 0.25) is 5.02 Å². The predicted molar refractivity (Wildman–Crippen MR) is 69.3 cm³/mol. The minimum absolute atomic E-state index is 0.541. The summed E-state index contributed by atoms with van der Waals surface area (Å²) in [5, 5.41) is 0.709. The van der Waals surface area contributed by atoms with E-state index in [0.29, 0.717) is 10.8 Å². The van der Waals surface area contributed by atoms with Gasteiger partial charge in [0.25, 0.3) is 0 Å². The number of hydrogen-bond acceptors (Lipinski definition) is 3. The fourth-order valence-corrected chi connectivity index (χ4v) is 2.54. The van der Waals surface area contributed by atoms with Gasteiger partial charge in [-0.15, -0.1) is 0 Å². The first-order valence-corrected chi connectivity index (χ1v) is 6.61. The van der Waals surface area contributed by atoms with Gasteiger partial charge in [-0.1, -0.05) is 25.4 Å². The molecule has 0 aliphatic heterocycles. The van der Waals surface area contributed by atoms with Gasteiger partial charge < -0.3 is 5.73 Å². The third-order valence-electron chi connectivity index (χ3n) is 2.02. The number of rotatable bonds is 5. The maximum absolute atomic E-state index is 6.01. The smallest absolute Gasteiger partial charge is 0.123 e. The Balaban J connectivity index is 2.40. The number of nitrogens with two attached hydrogens (primary N) is 1. The average molecular weight is 245 g/mol. The Hall–Kier alpha value is -0.410. The Labute approximate surface area is 101 Å². The Bertz CT molecular complexity index is 315. The molecule has 0 radical (unpaired) electrons. The van der Waals surface area contributed by atoms with E-state index in [4.69, 9.17) is 17.3 Å². The lowest BCUT2D eigenvalue weighted by Crippen LogP contribution is -1.96. The van der Waals surface area contributed by atoms with Gasteiger partial charge >= 0.3 is 0 Å². The molecule has 2 N–H and O–H groups in total. The van der Waals surface area contributed by atoms with Gasteiger partial charge in [0.15, 0.2) is 0 Å². The van der Waals surface area contributed by atoms with Gasteiger partial charge in [0.05, 0.1) is 10.7 Å². The Morgan fingerprint density at radius 3 is 2.87 bits per heavy atom. The van der Waals surface area contributed by atoms with E-state index >= 15 is 0 Å². The summed E-state index contributed by atoms with van der Waals surface area (Å²) in [6.45, 7) is 4.46. The lowest BCUT2D eigenvalue weighted by atomic mass is 10.2. The standard InChI is InChI=1S/C11H17ClN2S/c1-8(2)5-6-15-7-10-9(12)3-4-11(13)14-10/h3-4,8H,5-7H2,1-2H3,(H2,13,14). The number of nitrogens with zero attached hydrogens (tertiary/aromatic N) is 1. The molecule has 0 bridgehead atoms. The van der Waals surface area contributed by atoms with Crippen LogP contribution in [0.4, 0.5) is 5.82 Å². The molecule has 0 aliphatic carbocycles. The summed E-state index contributed by atoms with van der Waals surface area (Å²) < 4.78 is 0. The second kappa shape index (κ2) is 6.23. The second-order valence-electron chi connectivity index (χ2n) is 3.90. The maximum atomic E-state index is 6.01. The molecular formula is C11H17ClN2S. The number of anilines is 1. The van der Waals surface area contributed by atoms with Gasteiger partial charge in [-0.3, -0.25) is 0 Å². The molecule has 0 amide bonds. The molecule has 1 heterocycles. The molecule has 0 unspecified atom stereocenters. The number of aromatic nitrogens is 1. The number of hydrogen-bond donors (Lipinski definition) is 1. The summed E-state index contributed by atoms with van der Waals surface area (Å²) in [7, 11) is 0.